The summed E-state index contributed by atoms with van der Waals surface area (Å²) in [5.74, 6) is 0.546. The first-order valence-electron chi connectivity index (χ1n) is 7.34. The lowest BCUT2D eigenvalue weighted by molar-refractivity contribution is -0.127. The Morgan fingerprint density at radius 3 is 2.04 bits per heavy atom. The molecule has 0 aliphatic heterocycles. The minimum Gasteiger partial charge on any atom is -0.493 e. The predicted octanol–water partition coefficient (Wildman–Crippen LogP) is 1.96. The zero-order chi connectivity index (χ0) is 17.4. The summed E-state index contributed by atoms with van der Waals surface area (Å²) < 4.78 is 15.6. The number of hydrogen-bond acceptors (Lipinski definition) is 5. The molecule has 1 aromatic rings. The molecular weight excluding hydrogens is 300 g/mol. The molecule has 0 spiro atoms. The number of rotatable bonds is 8. The predicted molar refractivity (Wildman–Crippen MR) is 87.2 cm³/mol. The fourth-order valence-corrected chi connectivity index (χ4v) is 1.93. The van der Waals surface area contributed by atoms with Crippen LogP contribution in [0.1, 0.15) is 26.7 Å². The van der Waals surface area contributed by atoms with Gasteiger partial charge in [0.25, 0.3) is 0 Å². The largest absolute Gasteiger partial charge is 0.493 e. The lowest BCUT2D eigenvalue weighted by Crippen LogP contribution is -2.34. The molecule has 2 amide bonds. The lowest BCUT2D eigenvalue weighted by Gasteiger charge is -2.15. The van der Waals surface area contributed by atoms with Crippen molar-refractivity contribution in [3.8, 4) is 17.2 Å². The van der Waals surface area contributed by atoms with Gasteiger partial charge in [0.1, 0.15) is 6.42 Å². The summed E-state index contributed by atoms with van der Waals surface area (Å²) in [6.45, 7) is 3.84. The first-order chi connectivity index (χ1) is 10.9. The molecule has 0 saturated heterocycles. The van der Waals surface area contributed by atoms with Crippen LogP contribution in [0.15, 0.2) is 12.1 Å². The van der Waals surface area contributed by atoms with Gasteiger partial charge in [-0.2, -0.15) is 0 Å². The van der Waals surface area contributed by atoms with Gasteiger partial charge in [-0.1, -0.05) is 6.92 Å². The third-order valence-electron chi connectivity index (χ3n) is 3.29. The van der Waals surface area contributed by atoms with Gasteiger partial charge in [-0.25, -0.2) is 0 Å². The lowest BCUT2D eigenvalue weighted by atomic mass is 10.2. The van der Waals surface area contributed by atoms with Crippen LogP contribution in [0.3, 0.4) is 0 Å². The van der Waals surface area contributed by atoms with E-state index in [-0.39, 0.29) is 18.4 Å². The fraction of sp³-hybridized carbons (Fsp3) is 0.500. The van der Waals surface area contributed by atoms with Crippen LogP contribution in [0.5, 0.6) is 17.2 Å². The molecule has 0 aliphatic rings. The third kappa shape index (κ3) is 5.36. The van der Waals surface area contributed by atoms with E-state index in [0.29, 0.717) is 22.9 Å². The summed E-state index contributed by atoms with van der Waals surface area (Å²) in [5, 5.41) is 5.39. The summed E-state index contributed by atoms with van der Waals surface area (Å²) in [7, 11) is 4.48. The van der Waals surface area contributed by atoms with Crippen LogP contribution in [0.2, 0.25) is 0 Å². The first kappa shape index (κ1) is 18.6. The number of hydrogen-bond donors (Lipinski definition) is 2. The van der Waals surface area contributed by atoms with E-state index in [1.54, 1.807) is 12.1 Å². The third-order valence-corrected chi connectivity index (χ3v) is 3.29. The van der Waals surface area contributed by atoms with E-state index >= 15 is 0 Å². The van der Waals surface area contributed by atoms with E-state index in [9.17, 15) is 9.59 Å². The molecule has 7 heteroatoms. The van der Waals surface area contributed by atoms with E-state index in [4.69, 9.17) is 14.2 Å². The van der Waals surface area contributed by atoms with E-state index in [2.05, 4.69) is 10.6 Å². The van der Waals surface area contributed by atoms with E-state index in [1.807, 2.05) is 13.8 Å². The van der Waals surface area contributed by atoms with Gasteiger partial charge in [0, 0.05) is 23.9 Å². The molecule has 0 heterocycles. The molecular formula is C16H24N2O5. The van der Waals surface area contributed by atoms with Gasteiger partial charge in [0.15, 0.2) is 11.5 Å². The molecule has 7 nitrogen and oxygen atoms in total. The Bertz CT molecular complexity index is 534. The molecule has 0 bridgehead atoms. The zero-order valence-electron chi connectivity index (χ0n) is 14.2. The van der Waals surface area contributed by atoms with Crippen LogP contribution in [0, 0.1) is 0 Å². The Balaban J connectivity index is 2.80. The molecule has 1 atom stereocenters. The maximum atomic E-state index is 12.0. The summed E-state index contributed by atoms with van der Waals surface area (Å²) in [4.78, 5) is 23.7. The van der Waals surface area contributed by atoms with Crippen LogP contribution in [0.4, 0.5) is 5.69 Å². The quantitative estimate of drug-likeness (QED) is 0.714. The molecule has 0 fully saturated rings. The van der Waals surface area contributed by atoms with Crippen LogP contribution < -0.4 is 24.8 Å². The number of ether oxygens (including phenoxy) is 3. The van der Waals surface area contributed by atoms with Crippen molar-refractivity contribution < 1.29 is 23.8 Å². The summed E-state index contributed by atoms with van der Waals surface area (Å²) in [5.41, 5.74) is 0.459. The highest BCUT2D eigenvalue weighted by Gasteiger charge is 2.16. The topological polar surface area (TPSA) is 85.9 Å². The highest BCUT2D eigenvalue weighted by Crippen LogP contribution is 2.39. The molecule has 1 aromatic carbocycles. The average Bonchev–Trinajstić information content (AvgIpc) is 2.53. The number of anilines is 1. The second-order valence-electron chi connectivity index (χ2n) is 5.02. The number of benzene rings is 1. The van der Waals surface area contributed by atoms with Crippen molar-refractivity contribution in [1.82, 2.24) is 5.32 Å². The van der Waals surface area contributed by atoms with Crippen molar-refractivity contribution in [2.75, 3.05) is 26.6 Å². The molecule has 0 aliphatic carbocycles. The Labute approximate surface area is 136 Å². The normalized spacial score (nSPS) is 11.3. The van der Waals surface area contributed by atoms with Gasteiger partial charge in [-0.05, 0) is 13.3 Å². The fourth-order valence-electron chi connectivity index (χ4n) is 1.93. The number of carbonyl (C=O) groups excluding carboxylic acids is 2. The molecule has 0 radical (unpaired) electrons. The van der Waals surface area contributed by atoms with Crippen LogP contribution in [0.25, 0.3) is 0 Å². The summed E-state index contributed by atoms with van der Waals surface area (Å²) >= 11 is 0. The van der Waals surface area contributed by atoms with Crippen molar-refractivity contribution in [2.45, 2.75) is 32.7 Å². The highest BCUT2D eigenvalue weighted by molar-refractivity contribution is 6.03. The maximum absolute atomic E-state index is 12.0. The number of amides is 2. The maximum Gasteiger partial charge on any atom is 0.233 e. The smallest absolute Gasteiger partial charge is 0.233 e. The zero-order valence-corrected chi connectivity index (χ0v) is 14.2. The van der Waals surface area contributed by atoms with Gasteiger partial charge in [-0.3, -0.25) is 9.59 Å². The second-order valence-corrected chi connectivity index (χ2v) is 5.02. The van der Waals surface area contributed by atoms with Crippen LogP contribution in [-0.4, -0.2) is 39.2 Å². The summed E-state index contributed by atoms with van der Waals surface area (Å²) in [6.07, 6.45) is 0.557. The van der Waals surface area contributed by atoms with Gasteiger partial charge in [-0.15, -0.1) is 0 Å². The number of methoxy groups -OCH3 is 3. The molecule has 0 saturated carbocycles. The Kier molecular flexibility index (Phi) is 7.18. The molecule has 2 N–H and O–H groups in total. The SMILES string of the molecule is CCC(C)NC(=O)CC(=O)Nc1cc(OC)c(OC)c(OC)c1. The van der Waals surface area contributed by atoms with Gasteiger partial charge < -0.3 is 24.8 Å². The van der Waals surface area contributed by atoms with Gasteiger partial charge in [0.05, 0.1) is 21.3 Å². The van der Waals surface area contributed by atoms with E-state index < -0.39 is 5.91 Å². The van der Waals surface area contributed by atoms with Crippen molar-refractivity contribution in [3.05, 3.63) is 12.1 Å². The highest BCUT2D eigenvalue weighted by atomic mass is 16.5. The second kappa shape index (κ2) is 8.87. The summed E-state index contributed by atoms with van der Waals surface area (Å²) in [6, 6.07) is 3.24. The molecule has 23 heavy (non-hydrogen) atoms. The van der Waals surface area contributed by atoms with Crippen molar-refractivity contribution in [2.24, 2.45) is 0 Å². The Morgan fingerprint density at radius 2 is 1.61 bits per heavy atom. The van der Waals surface area contributed by atoms with E-state index in [1.165, 1.54) is 21.3 Å². The standard InChI is InChI=1S/C16H24N2O5/c1-6-10(2)17-14(19)9-15(20)18-11-7-12(21-3)16(23-5)13(8-11)22-4/h7-8,10H,6,9H2,1-5H3,(H,17,19)(H,18,20). The van der Waals surface area contributed by atoms with Gasteiger partial charge >= 0.3 is 0 Å². The molecule has 1 unspecified atom stereocenters. The minimum absolute atomic E-state index is 0.0384. The first-order valence-corrected chi connectivity index (χ1v) is 7.34. The van der Waals surface area contributed by atoms with Crippen LogP contribution >= 0.6 is 0 Å². The van der Waals surface area contributed by atoms with E-state index in [0.717, 1.165) is 6.42 Å². The number of carbonyl (C=O) groups is 2. The Hall–Kier alpha value is -2.44. The van der Waals surface area contributed by atoms with Crippen molar-refractivity contribution in [3.63, 3.8) is 0 Å². The minimum atomic E-state index is -0.417. The molecule has 1 rings (SSSR count). The molecule has 128 valence electrons. The average molecular weight is 324 g/mol. The van der Waals surface area contributed by atoms with Gasteiger partial charge in [0.2, 0.25) is 17.6 Å². The number of nitrogens with one attached hydrogen (secondary N) is 2. The Morgan fingerprint density at radius 1 is 1.04 bits per heavy atom. The van der Waals surface area contributed by atoms with Crippen LogP contribution in [-0.2, 0) is 9.59 Å². The van der Waals surface area contributed by atoms with Crippen molar-refractivity contribution in [1.29, 1.82) is 0 Å². The van der Waals surface area contributed by atoms with Crippen molar-refractivity contribution >= 4 is 17.5 Å². The molecule has 0 aromatic heterocycles. The monoisotopic (exact) mass is 324 g/mol.